The quantitative estimate of drug-likeness (QED) is 0.297. The second-order valence-electron chi connectivity index (χ2n) is 9.95. The van der Waals surface area contributed by atoms with Crippen LogP contribution in [0.3, 0.4) is 0 Å². The summed E-state index contributed by atoms with van der Waals surface area (Å²) in [5.41, 5.74) is 1.94. The third-order valence-corrected chi connectivity index (χ3v) is 10.2. The molecular weight excluding hydrogens is 603 g/mol. The predicted octanol–water partition coefficient (Wildman–Crippen LogP) is 3.59. The van der Waals surface area contributed by atoms with Crippen molar-refractivity contribution >= 4 is 65.5 Å². The molecule has 1 N–H and O–H groups in total. The van der Waals surface area contributed by atoms with E-state index in [0.29, 0.717) is 48.2 Å². The van der Waals surface area contributed by atoms with Crippen molar-refractivity contribution in [1.82, 2.24) is 4.57 Å². The van der Waals surface area contributed by atoms with E-state index < -0.39 is 39.1 Å². The minimum atomic E-state index is -4.16. The number of amides is 2. The van der Waals surface area contributed by atoms with Crippen LogP contribution in [-0.4, -0.2) is 69.2 Å². The number of carbonyl (C=O) groups is 3. The zero-order valence-corrected chi connectivity index (χ0v) is 26.5. The van der Waals surface area contributed by atoms with E-state index in [4.69, 9.17) is 14.2 Å². The van der Waals surface area contributed by atoms with Gasteiger partial charge in [-0.05, 0) is 62.8 Å². The molecule has 0 radical (unpaired) electrons. The van der Waals surface area contributed by atoms with Crippen molar-refractivity contribution < 1.29 is 37.0 Å². The number of sulfone groups is 1. The SMILES string of the molecule is CCOC(=O)c1c(NC(=O)CS(=O)(=O)CC(=O)N=c2sc3cc(OCC)ccc3n2CCOC)sc2c1CCC(C)C2. The highest BCUT2D eigenvalue weighted by Gasteiger charge is 2.30. The number of methoxy groups -OCH3 is 1. The molecule has 2 heterocycles. The Morgan fingerprint density at radius 2 is 1.93 bits per heavy atom. The van der Waals surface area contributed by atoms with E-state index >= 15 is 0 Å². The van der Waals surface area contributed by atoms with Gasteiger partial charge in [-0.15, -0.1) is 11.3 Å². The molecule has 0 fully saturated rings. The van der Waals surface area contributed by atoms with Crippen LogP contribution in [0.4, 0.5) is 5.00 Å². The molecule has 1 aliphatic rings. The number of carbonyl (C=O) groups excluding carboxylic acids is 3. The Hall–Kier alpha value is -3.07. The van der Waals surface area contributed by atoms with E-state index in [0.717, 1.165) is 33.5 Å². The topological polar surface area (TPSA) is 142 Å². The number of aromatic nitrogens is 1. The van der Waals surface area contributed by atoms with Gasteiger partial charge in [0.05, 0.1) is 35.6 Å². The molecule has 1 aromatic carbocycles. The normalized spacial score (nSPS) is 15.4. The van der Waals surface area contributed by atoms with Gasteiger partial charge in [0.15, 0.2) is 14.6 Å². The van der Waals surface area contributed by atoms with Crippen LogP contribution in [0.15, 0.2) is 23.2 Å². The molecule has 0 aliphatic heterocycles. The molecule has 2 amide bonds. The summed E-state index contributed by atoms with van der Waals surface area (Å²) in [6.07, 6.45) is 2.36. The number of hydrogen-bond acceptors (Lipinski definition) is 10. The predicted molar refractivity (Wildman–Crippen MR) is 162 cm³/mol. The summed E-state index contributed by atoms with van der Waals surface area (Å²) >= 11 is 2.50. The Labute approximate surface area is 252 Å². The Kier molecular flexibility index (Phi) is 10.6. The number of esters is 1. The fraction of sp³-hybridized carbons (Fsp3) is 0.500. The maximum atomic E-state index is 12.9. The zero-order chi connectivity index (χ0) is 30.4. The van der Waals surface area contributed by atoms with Crippen molar-refractivity contribution in [2.45, 2.75) is 46.6 Å². The number of nitrogens with one attached hydrogen (secondary N) is 1. The van der Waals surface area contributed by atoms with Gasteiger partial charge in [0, 0.05) is 18.5 Å². The Balaban J connectivity index is 1.52. The smallest absolute Gasteiger partial charge is 0.341 e. The van der Waals surface area contributed by atoms with Crippen LogP contribution in [0.5, 0.6) is 5.75 Å². The Morgan fingerprint density at radius 3 is 2.64 bits per heavy atom. The number of thiazole rings is 1. The van der Waals surface area contributed by atoms with Gasteiger partial charge in [0.25, 0.3) is 5.91 Å². The number of nitrogens with zero attached hydrogens (tertiary/aromatic N) is 2. The summed E-state index contributed by atoms with van der Waals surface area (Å²) in [5.74, 6) is -3.03. The molecule has 11 nitrogen and oxygen atoms in total. The van der Waals surface area contributed by atoms with Gasteiger partial charge in [0.2, 0.25) is 5.91 Å². The van der Waals surface area contributed by atoms with E-state index in [-0.39, 0.29) is 11.6 Å². The number of ether oxygens (including phenoxy) is 3. The van der Waals surface area contributed by atoms with Gasteiger partial charge in [-0.25, -0.2) is 13.2 Å². The molecule has 0 saturated heterocycles. The molecule has 1 unspecified atom stereocenters. The summed E-state index contributed by atoms with van der Waals surface area (Å²) in [5, 5.41) is 2.87. The largest absolute Gasteiger partial charge is 0.494 e. The van der Waals surface area contributed by atoms with E-state index in [1.54, 1.807) is 18.6 Å². The molecule has 42 heavy (non-hydrogen) atoms. The fourth-order valence-electron chi connectivity index (χ4n) is 4.79. The lowest BCUT2D eigenvalue weighted by molar-refractivity contribution is -0.115. The van der Waals surface area contributed by atoms with Crippen molar-refractivity contribution in [2.24, 2.45) is 10.9 Å². The standard InChI is InChI=1S/C28H35N3O8S3/c1-5-38-18-8-10-20-22(14-18)41-28(31(20)11-12-37-4)30-24(33)16-42(35,36)15-23(32)29-26-25(27(34)39-6-2)19-9-7-17(3)13-21(19)40-26/h8,10,14,17H,5-7,9,11-13,15-16H2,1-4H3,(H,29,32). The minimum absolute atomic E-state index is 0.173. The highest BCUT2D eigenvalue weighted by molar-refractivity contribution is 7.92. The van der Waals surface area contributed by atoms with Gasteiger partial charge in [-0.1, -0.05) is 18.3 Å². The Morgan fingerprint density at radius 1 is 1.14 bits per heavy atom. The Bertz CT molecular complexity index is 1650. The molecule has 0 bridgehead atoms. The second kappa shape index (κ2) is 13.9. The lowest BCUT2D eigenvalue weighted by Gasteiger charge is -2.18. The van der Waals surface area contributed by atoms with Crippen molar-refractivity contribution in [2.75, 3.05) is 43.8 Å². The number of fused-ring (bicyclic) bond motifs is 2. The van der Waals surface area contributed by atoms with Gasteiger partial charge < -0.3 is 24.1 Å². The molecule has 1 atom stereocenters. The average molecular weight is 638 g/mol. The van der Waals surface area contributed by atoms with Crippen LogP contribution in [0, 0.1) is 5.92 Å². The van der Waals surface area contributed by atoms with Gasteiger partial charge >= 0.3 is 5.97 Å². The van der Waals surface area contributed by atoms with Crippen LogP contribution in [-0.2, 0) is 48.3 Å². The molecule has 3 aromatic rings. The third kappa shape index (κ3) is 7.65. The molecule has 14 heteroatoms. The molecule has 228 valence electrons. The first-order valence-corrected chi connectivity index (χ1v) is 17.1. The summed E-state index contributed by atoms with van der Waals surface area (Å²) in [6, 6.07) is 5.50. The number of hydrogen-bond donors (Lipinski definition) is 1. The first kappa shape index (κ1) is 31.9. The lowest BCUT2D eigenvalue weighted by Crippen LogP contribution is -2.28. The van der Waals surface area contributed by atoms with Gasteiger partial charge in [-0.2, -0.15) is 4.99 Å². The minimum Gasteiger partial charge on any atom is -0.494 e. The van der Waals surface area contributed by atoms with E-state index in [9.17, 15) is 22.8 Å². The summed E-state index contributed by atoms with van der Waals surface area (Å²) < 4.78 is 44.3. The number of thiophene rings is 1. The maximum absolute atomic E-state index is 12.9. The molecule has 4 rings (SSSR count). The second-order valence-corrected chi connectivity index (χ2v) is 14.1. The first-order valence-electron chi connectivity index (χ1n) is 13.7. The zero-order valence-electron chi connectivity index (χ0n) is 24.1. The highest BCUT2D eigenvalue weighted by atomic mass is 32.2. The van der Waals surface area contributed by atoms with E-state index in [2.05, 4.69) is 17.2 Å². The molecule has 1 aliphatic carbocycles. The number of benzene rings is 1. The van der Waals surface area contributed by atoms with Crippen LogP contribution in [0.25, 0.3) is 10.2 Å². The number of rotatable bonds is 12. The van der Waals surface area contributed by atoms with Crippen molar-refractivity contribution in [1.29, 1.82) is 0 Å². The maximum Gasteiger partial charge on any atom is 0.341 e. The molecular formula is C28H35N3O8S3. The fourth-order valence-corrected chi connectivity index (χ4v) is 8.32. The van der Waals surface area contributed by atoms with Crippen LogP contribution in [0.1, 0.15) is 48.0 Å². The third-order valence-electron chi connectivity index (χ3n) is 6.64. The van der Waals surface area contributed by atoms with E-state index in [1.807, 2.05) is 25.1 Å². The summed E-state index contributed by atoms with van der Waals surface area (Å²) in [4.78, 5) is 43.8. The number of anilines is 1. The summed E-state index contributed by atoms with van der Waals surface area (Å²) in [7, 11) is -2.61. The van der Waals surface area contributed by atoms with Crippen LogP contribution < -0.4 is 14.9 Å². The van der Waals surface area contributed by atoms with Crippen molar-refractivity contribution in [3.63, 3.8) is 0 Å². The van der Waals surface area contributed by atoms with Crippen LogP contribution >= 0.6 is 22.7 Å². The van der Waals surface area contributed by atoms with E-state index in [1.165, 1.54) is 22.7 Å². The van der Waals surface area contributed by atoms with Crippen molar-refractivity contribution in [3.8, 4) is 5.75 Å². The first-order chi connectivity index (χ1) is 20.0. The average Bonchev–Trinajstić information content (AvgIpc) is 3.42. The molecule has 0 saturated carbocycles. The summed E-state index contributed by atoms with van der Waals surface area (Å²) in [6.45, 7) is 7.13. The van der Waals surface area contributed by atoms with Crippen LogP contribution in [0.2, 0.25) is 0 Å². The highest BCUT2D eigenvalue weighted by Crippen LogP contribution is 2.40. The molecule has 0 spiro atoms. The monoisotopic (exact) mass is 637 g/mol. The van der Waals surface area contributed by atoms with Gasteiger partial charge in [-0.3, -0.25) is 9.59 Å². The van der Waals surface area contributed by atoms with Gasteiger partial charge in [0.1, 0.15) is 22.3 Å². The van der Waals surface area contributed by atoms with Crippen molar-refractivity contribution in [3.05, 3.63) is 39.0 Å². The lowest BCUT2D eigenvalue weighted by atomic mass is 9.88. The molecule has 2 aromatic heterocycles.